The van der Waals surface area contributed by atoms with Crippen LogP contribution in [0.15, 0.2) is 0 Å². The van der Waals surface area contributed by atoms with Crippen LogP contribution in [-0.4, -0.2) is 0 Å². The molecule has 38 valence electrons. The summed E-state index contributed by atoms with van der Waals surface area (Å²) >= 11 is 0. The van der Waals surface area contributed by atoms with E-state index in [4.69, 9.17) is 19.6 Å². The van der Waals surface area contributed by atoms with Crippen molar-refractivity contribution < 1.29 is 178 Å². The summed E-state index contributed by atoms with van der Waals surface area (Å²) in [5.74, 6) is 0. The zero-order valence-corrected chi connectivity index (χ0v) is 15.8. The maximum absolute atomic E-state index is 8.94. The molecule has 0 bridgehead atoms. The van der Waals surface area contributed by atoms with Gasteiger partial charge >= 0.3 is 154 Å². The summed E-state index contributed by atoms with van der Waals surface area (Å²) in [6, 6.07) is 0. The summed E-state index contributed by atoms with van der Waals surface area (Å²) in [4.78, 5) is 17.9. The monoisotopic (exact) mass is 228 g/mol. The van der Waals surface area contributed by atoms with Gasteiger partial charge in [-0.25, -0.2) is 0 Å². The van der Waals surface area contributed by atoms with E-state index in [9.17, 15) is 0 Å². The van der Waals surface area contributed by atoms with E-state index in [0.29, 0.717) is 0 Å². The summed E-state index contributed by atoms with van der Waals surface area (Å²) < 4.78 is 11.1. The Kier molecular flexibility index (Phi) is 34.1. The third-order valence-corrected chi connectivity index (χ3v) is 0.274. The number of hydrogen-bond acceptors (Lipinski definition) is 5. The van der Waals surface area contributed by atoms with Crippen molar-refractivity contribution in [3.63, 3.8) is 0 Å². The van der Waals surface area contributed by atoms with Gasteiger partial charge in [-0.3, -0.25) is 0 Å². The van der Waals surface area contributed by atoms with Crippen LogP contribution in [0.5, 0.6) is 0 Å². The molecular weight excluding hydrogens is 228 g/mol. The third-order valence-electron chi connectivity index (χ3n) is 0.0913. The molecule has 5 nitrogen and oxygen atoms in total. The second-order valence-corrected chi connectivity index (χ2v) is 1.57. The molecule has 0 saturated carbocycles. The van der Waals surface area contributed by atoms with E-state index in [1.54, 1.807) is 0 Å². The van der Waals surface area contributed by atoms with Crippen LogP contribution in [0.25, 0.3) is 0 Å². The molecule has 9 heavy (non-hydrogen) atoms. The van der Waals surface area contributed by atoms with Crippen molar-refractivity contribution >= 4 is 7.82 Å². The number of rotatable bonds is 1. The van der Waals surface area contributed by atoms with Gasteiger partial charge in [-0.05, 0) is 0 Å². The van der Waals surface area contributed by atoms with Crippen LogP contribution in [0.4, 0.5) is 0 Å². The molecule has 9 heteroatoms. The average Bonchev–Trinajstić information content (AvgIpc) is 1.35. The van der Waals surface area contributed by atoms with E-state index in [-0.39, 0.29) is 154 Å². The van der Waals surface area contributed by atoms with Crippen LogP contribution in [0, 0.1) is 0 Å². The summed E-state index contributed by atoms with van der Waals surface area (Å²) in [5, 5.41) is 8.56. The van der Waals surface area contributed by atoms with Crippen molar-refractivity contribution in [1.29, 1.82) is 0 Å². The van der Waals surface area contributed by atoms with Crippen molar-refractivity contribution in [2.75, 3.05) is 0 Å². The Bertz CT molecular complexity index is 76.3. The summed E-state index contributed by atoms with van der Waals surface area (Å²) in [6.07, 6.45) is 0. The van der Waals surface area contributed by atoms with Crippen LogP contribution in [-0.2, 0) is 9.24 Å². The van der Waals surface area contributed by atoms with Gasteiger partial charge in [0.1, 0.15) is 0 Å². The van der Waals surface area contributed by atoms with E-state index in [1.165, 1.54) is 0 Å². The third kappa shape index (κ3) is 24.6. The standard InChI is InChI=1S/3K.H3O5P/c;;;1-5-6(2,3)4/h;;;1H,(H2,2,3,4)/q3*+1;/p-3. The van der Waals surface area contributed by atoms with Crippen LogP contribution < -0.4 is 169 Å². The van der Waals surface area contributed by atoms with Crippen molar-refractivity contribution in [3.8, 4) is 0 Å². The summed E-state index contributed by atoms with van der Waals surface area (Å²) in [6.45, 7) is 0. The normalized spacial score (nSPS) is 7.89. The van der Waals surface area contributed by atoms with Gasteiger partial charge in [0.2, 0.25) is 0 Å². The van der Waals surface area contributed by atoms with Gasteiger partial charge in [-0.1, -0.05) is 0 Å². The molecule has 0 atom stereocenters. The van der Waals surface area contributed by atoms with E-state index in [0.717, 1.165) is 0 Å². The zero-order valence-electron chi connectivity index (χ0n) is 5.49. The quantitative estimate of drug-likeness (QED) is 0.192. The Morgan fingerprint density at radius 1 is 1.11 bits per heavy atom. The predicted octanol–water partition coefficient (Wildman–Crippen LogP) is -11.9. The van der Waals surface area contributed by atoms with Gasteiger partial charge in [0, 0.05) is 7.82 Å². The molecule has 0 aromatic heterocycles. The van der Waals surface area contributed by atoms with Gasteiger partial charge in [0.25, 0.3) is 0 Å². The fourth-order valence-electron chi connectivity index (χ4n) is 0. The molecule has 0 amide bonds. The molecule has 0 rings (SSSR count). The molecule has 0 saturated heterocycles. The number of hydrogen-bond donors (Lipinski definition) is 0. The number of phosphoric acid groups is 1. The molecular formula is K3O5P. The molecule has 0 radical (unpaired) electrons. The maximum Gasteiger partial charge on any atom is 1.00 e. The Morgan fingerprint density at radius 2 is 1.22 bits per heavy atom. The smallest absolute Gasteiger partial charge is 0.790 e. The van der Waals surface area contributed by atoms with E-state index in [1.807, 2.05) is 0 Å². The molecule has 0 aliphatic heterocycles. The topological polar surface area (TPSA) is 95.5 Å². The van der Waals surface area contributed by atoms with Crippen molar-refractivity contribution in [2.24, 2.45) is 0 Å². The van der Waals surface area contributed by atoms with Crippen LogP contribution in [0.3, 0.4) is 0 Å². The van der Waals surface area contributed by atoms with Crippen molar-refractivity contribution in [2.45, 2.75) is 0 Å². The van der Waals surface area contributed by atoms with Gasteiger partial charge in [-0.15, -0.1) is 0 Å². The Labute approximate surface area is 180 Å². The second-order valence-electron chi connectivity index (χ2n) is 0.522. The first-order valence-electron chi connectivity index (χ1n) is 0.897. The Balaban J connectivity index is -0.0000000417. The van der Waals surface area contributed by atoms with Crippen molar-refractivity contribution in [1.82, 2.24) is 0 Å². The summed E-state index contributed by atoms with van der Waals surface area (Å²) in [5.41, 5.74) is 0. The molecule has 0 spiro atoms. The molecule has 0 aromatic carbocycles. The minimum absolute atomic E-state index is 0. The van der Waals surface area contributed by atoms with Crippen LogP contribution >= 0.6 is 7.82 Å². The minimum atomic E-state index is -5.20. The second kappa shape index (κ2) is 13.0. The molecule has 0 aliphatic carbocycles. The largest absolute Gasteiger partial charge is 1.00 e. The first-order valence-corrected chi connectivity index (χ1v) is 2.36. The molecule has 0 aliphatic rings. The predicted molar refractivity (Wildman–Crippen MR) is 8.69 cm³/mol. The van der Waals surface area contributed by atoms with Crippen molar-refractivity contribution in [3.05, 3.63) is 0 Å². The maximum atomic E-state index is 8.94. The average molecular weight is 228 g/mol. The van der Waals surface area contributed by atoms with Gasteiger partial charge in [0.05, 0.1) is 0 Å². The first-order chi connectivity index (χ1) is 2.56. The van der Waals surface area contributed by atoms with Crippen LogP contribution in [0.1, 0.15) is 0 Å². The fraction of sp³-hybridized carbons (Fsp3) is 0. The SMILES string of the molecule is O=P([O-])([O-])O[O-].[K+].[K+].[K+]. The zero-order chi connectivity index (χ0) is 5.21. The first kappa shape index (κ1) is 23.6. The molecule has 0 unspecified atom stereocenters. The Morgan fingerprint density at radius 3 is 1.22 bits per heavy atom. The van der Waals surface area contributed by atoms with E-state index < -0.39 is 7.82 Å². The van der Waals surface area contributed by atoms with Gasteiger partial charge < -0.3 is 24.3 Å². The van der Waals surface area contributed by atoms with E-state index in [2.05, 4.69) is 4.67 Å². The molecule has 0 fully saturated rings. The molecule has 0 heterocycles. The molecule has 0 N–H and O–H groups in total. The van der Waals surface area contributed by atoms with Gasteiger partial charge in [0.15, 0.2) is 0 Å². The van der Waals surface area contributed by atoms with Gasteiger partial charge in [-0.2, -0.15) is 0 Å². The minimum Gasteiger partial charge on any atom is -0.790 e. The molecule has 0 aromatic rings. The van der Waals surface area contributed by atoms with Crippen LogP contribution in [0.2, 0.25) is 0 Å². The summed E-state index contributed by atoms with van der Waals surface area (Å²) in [7, 11) is -5.20. The fourth-order valence-corrected chi connectivity index (χ4v) is 0. The van der Waals surface area contributed by atoms with E-state index >= 15 is 0 Å². The Hall–Kier alpha value is 4.98.